The van der Waals surface area contributed by atoms with E-state index in [1.807, 2.05) is 29.0 Å². The Morgan fingerprint density at radius 2 is 1.71 bits per heavy atom. The van der Waals surface area contributed by atoms with Gasteiger partial charge in [-0.25, -0.2) is 13.1 Å². The average Bonchev–Trinajstić information content (AvgIpc) is 2.26. The van der Waals surface area contributed by atoms with Crippen LogP contribution in [0.25, 0.3) is 10.8 Å². The van der Waals surface area contributed by atoms with Crippen LogP contribution in [0.2, 0.25) is 0 Å². The molecule has 0 saturated heterocycles. The second kappa shape index (κ2) is 4.18. The molecule has 0 bridgehead atoms. The smallest absolute Gasteiger partial charge is 0.264 e. The number of amides is 1. The summed E-state index contributed by atoms with van der Waals surface area (Å²) in [5.41, 5.74) is 0. The number of carbonyl (C=O) groups is 1. The Kier molecular flexibility index (Phi) is 2.85. The Labute approximate surface area is 99.3 Å². The molecule has 0 radical (unpaired) electrons. The molecule has 1 amide bonds. The zero-order valence-electron chi connectivity index (χ0n) is 9.17. The Bertz CT molecular complexity index is 677. The van der Waals surface area contributed by atoms with E-state index in [4.69, 9.17) is 0 Å². The van der Waals surface area contributed by atoms with E-state index < -0.39 is 15.9 Å². The maximum atomic E-state index is 11.8. The Balaban J connectivity index is 2.53. The van der Waals surface area contributed by atoms with Crippen LogP contribution in [0.1, 0.15) is 6.92 Å². The summed E-state index contributed by atoms with van der Waals surface area (Å²) in [4.78, 5) is 10.9. The molecular weight excluding hydrogens is 238 g/mol. The van der Waals surface area contributed by atoms with Crippen LogP contribution >= 0.6 is 0 Å². The Morgan fingerprint density at radius 1 is 1.06 bits per heavy atom. The standard InChI is InChI=1S/C12H11NO3S/c1-9(14)13-17(15,16)12-7-6-10-4-2-3-5-11(10)8-12/h2-8H,1H3,(H,13,14). The van der Waals surface area contributed by atoms with Crippen LogP contribution in [0.3, 0.4) is 0 Å². The molecule has 0 aliphatic carbocycles. The molecule has 2 aromatic carbocycles. The van der Waals surface area contributed by atoms with Crippen LogP contribution in [-0.4, -0.2) is 14.3 Å². The first-order valence-corrected chi connectivity index (χ1v) is 6.49. The molecule has 5 heteroatoms. The van der Waals surface area contributed by atoms with E-state index >= 15 is 0 Å². The number of nitrogens with one attached hydrogen (secondary N) is 1. The second-order valence-electron chi connectivity index (χ2n) is 3.67. The monoisotopic (exact) mass is 249 g/mol. The summed E-state index contributed by atoms with van der Waals surface area (Å²) in [6.45, 7) is 1.17. The minimum atomic E-state index is -3.75. The van der Waals surface area contributed by atoms with Gasteiger partial charge in [0.15, 0.2) is 0 Å². The van der Waals surface area contributed by atoms with Crippen LogP contribution in [0, 0.1) is 0 Å². The zero-order chi connectivity index (χ0) is 12.5. The predicted molar refractivity (Wildman–Crippen MR) is 65.0 cm³/mol. The molecule has 0 heterocycles. The molecular formula is C12H11NO3S. The number of rotatable bonds is 2. The maximum Gasteiger partial charge on any atom is 0.264 e. The van der Waals surface area contributed by atoms with Crippen molar-refractivity contribution in [2.45, 2.75) is 11.8 Å². The highest BCUT2D eigenvalue weighted by Crippen LogP contribution is 2.18. The van der Waals surface area contributed by atoms with Crippen LogP contribution < -0.4 is 4.72 Å². The van der Waals surface area contributed by atoms with E-state index in [1.165, 1.54) is 13.0 Å². The summed E-state index contributed by atoms with van der Waals surface area (Å²) >= 11 is 0. The maximum absolute atomic E-state index is 11.8. The van der Waals surface area contributed by atoms with Crippen LogP contribution in [-0.2, 0) is 14.8 Å². The van der Waals surface area contributed by atoms with Gasteiger partial charge in [-0.05, 0) is 22.9 Å². The fraction of sp³-hybridized carbons (Fsp3) is 0.0833. The number of benzene rings is 2. The molecule has 0 aromatic heterocycles. The SMILES string of the molecule is CC(=O)NS(=O)(=O)c1ccc2ccccc2c1. The van der Waals surface area contributed by atoms with Gasteiger partial charge in [0.05, 0.1) is 4.90 Å². The number of sulfonamides is 1. The number of carbonyl (C=O) groups excluding carboxylic acids is 1. The van der Waals surface area contributed by atoms with Gasteiger partial charge < -0.3 is 0 Å². The molecule has 2 aromatic rings. The summed E-state index contributed by atoms with van der Waals surface area (Å²) in [6, 6.07) is 12.2. The van der Waals surface area contributed by atoms with Crippen molar-refractivity contribution in [2.75, 3.05) is 0 Å². The molecule has 2 rings (SSSR count). The molecule has 1 N–H and O–H groups in total. The van der Waals surface area contributed by atoms with Crippen molar-refractivity contribution in [3.8, 4) is 0 Å². The van der Waals surface area contributed by atoms with Gasteiger partial charge >= 0.3 is 0 Å². The molecule has 0 aliphatic rings. The third kappa shape index (κ3) is 2.45. The normalized spacial score (nSPS) is 11.4. The largest absolute Gasteiger partial charge is 0.274 e. The van der Waals surface area contributed by atoms with Crippen LogP contribution in [0.4, 0.5) is 0 Å². The lowest BCUT2D eigenvalue weighted by Crippen LogP contribution is -2.28. The van der Waals surface area contributed by atoms with Crippen LogP contribution in [0.5, 0.6) is 0 Å². The van der Waals surface area contributed by atoms with Crippen molar-refractivity contribution in [1.82, 2.24) is 4.72 Å². The zero-order valence-corrected chi connectivity index (χ0v) is 9.99. The molecule has 88 valence electrons. The van der Waals surface area contributed by atoms with Gasteiger partial charge in [-0.2, -0.15) is 0 Å². The molecule has 0 saturated carbocycles. The van der Waals surface area contributed by atoms with Gasteiger partial charge in [0.1, 0.15) is 0 Å². The highest BCUT2D eigenvalue weighted by atomic mass is 32.2. The van der Waals surface area contributed by atoms with E-state index in [1.54, 1.807) is 12.1 Å². The highest BCUT2D eigenvalue weighted by molar-refractivity contribution is 7.90. The highest BCUT2D eigenvalue weighted by Gasteiger charge is 2.15. The Hall–Kier alpha value is -1.88. The Morgan fingerprint density at radius 3 is 2.35 bits per heavy atom. The summed E-state index contributed by atoms with van der Waals surface area (Å²) in [5, 5.41) is 1.77. The van der Waals surface area contributed by atoms with Crippen molar-refractivity contribution in [1.29, 1.82) is 0 Å². The third-order valence-electron chi connectivity index (χ3n) is 2.31. The fourth-order valence-electron chi connectivity index (χ4n) is 1.58. The fourth-order valence-corrected chi connectivity index (χ4v) is 2.61. The first-order valence-electron chi connectivity index (χ1n) is 5.01. The number of hydrogen-bond donors (Lipinski definition) is 1. The lowest BCUT2D eigenvalue weighted by molar-refractivity contribution is -0.117. The molecule has 17 heavy (non-hydrogen) atoms. The van der Waals surface area contributed by atoms with Crippen LogP contribution in [0.15, 0.2) is 47.4 Å². The van der Waals surface area contributed by atoms with Crippen molar-refractivity contribution in [3.05, 3.63) is 42.5 Å². The van der Waals surface area contributed by atoms with E-state index in [0.717, 1.165) is 10.8 Å². The molecule has 0 unspecified atom stereocenters. The second-order valence-corrected chi connectivity index (χ2v) is 5.35. The quantitative estimate of drug-likeness (QED) is 0.880. The number of hydrogen-bond acceptors (Lipinski definition) is 3. The third-order valence-corrected chi connectivity index (χ3v) is 3.74. The van der Waals surface area contributed by atoms with Crippen molar-refractivity contribution in [3.63, 3.8) is 0 Å². The summed E-state index contributed by atoms with van der Waals surface area (Å²) in [5.74, 6) is -0.599. The van der Waals surface area contributed by atoms with E-state index in [0.29, 0.717) is 0 Å². The van der Waals surface area contributed by atoms with Crippen molar-refractivity contribution < 1.29 is 13.2 Å². The first kappa shape index (κ1) is 11.6. The van der Waals surface area contributed by atoms with Gasteiger partial charge in [0.25, 0.3) is 10.0 Å². The molecule has 4 nitrogen and oxygen atoms in total. The van der Waals surface area contributed by atoms with E-state index in [9.17, 15) is 13.2 Å². The summed E-state index contributed by atoms with van der Waals surface area (Å²) < 4.78 is 25.4. The summed E-state index contributed by atoms with van der Waals surface area (Å²) in [7, 11) is -3.75. The van der Waals surface area contributed by atoms with Crippen molar-refractivity contribution >= 4 is 26.7 Å². The molecule has 0 spiro atoms. The minimum Gasteiger partial charge on any atom is -0.274 e. The van der Waals surface area contributed by atoms with E-state index in [-0.39, 0.29) is 4.90 Å². The van der Waals surface area contributed by atoms with Gasteiger partial charge in [0, 0.05) is 6.92 Å². The predicted octanol–water partition coefficient (Wildman–Crippen LogP) is 1.66. The number of fused-ring (bicyclic) bond motifs is 1. The lowest BCUT2D eigenvalue weighted by Gasteiger charge is -2.05. The molecule has 0 fully saturated rings. The van der Waals surface area contributed by atoms with Gasteiger partial charge in [-0.15, -0.1) is 0 Å². The van der Waals surface area contributed by atoms with Gasteiger partial charge in [-0.3, -0.25) is 4.79 Å². The minimum absolute atomic E-state index is 0.0893. The molecule has 0 aliphatic heterocycles. The first-order chi connectivity index (χ1) is 7.99. The van der Waals surface area contributed by atoms with Crippen molar-refractivity contribution in [2.24, 2.45) is 0 Å². The van der Waals surface area contributed by atoms with Gasteiger partial charge in [0.2, 0.25) is 5.91 Å². The average molecular weight is 249 g/mol. The van der Waals surface area contributed by atoms with E-state index in [2.05, 4.69) is 0 Å². The summed E-state index contributed by atoms with van der Waals surface area (Å²) in [6.07, 6.45) is 0. The topological polar surface area (TPSA) is 63.2 Å². The van der Waals surface area contributed by atoms with Gasteiger partial charge in [-0.1, -0.05) is 30.3 Å². The lowest BCUT2D eigenvalue weighted by atomic mass is 10.1. The molecule has 0 atom stereocenters.